The van der Waals surface area contributed by atoms with E-state index in [0.29, 0.717) is 6.04 Å². The molecule has 0 unspecified atom stereocenters. The Morgan fingerprint density at radius 3 is 3.00 bits per heavy atom. The highest BCUT2D eigenvalue weighted by atomic mass is 16.2. The predicted octanol–water partition coefficient (Wildman–Crippen LogP) is 3.34. The van der Waals surface area contributed by atoms with Gasteiger partial charge in [0.2, 0.25) is 5.91 Å². The third-order valence-corrected chi connectivity index (χ3v) is 5.87. The van der Waals surface area contributed by atoms with E-state index in [1.165, 1.54) is 27.6 Å². The fourth-order valence-corrected chi connectivity index (χ4v) is 4.29. The maximum Gasteiger partial charge on any atom is 0.228 e. The molecule has 2 aliphatic rings. The lowest BCUT2D eigenvalue weighted by Crippen LogP contribution is -2.49. The molecular formula is C21H27N3O. The maximum atomic E-state index is 12.8. The van der Waals surface area contributed by atoms with Gasteiger partial charge in [0.25, 0.3) is 0 Å². The number of likely N-dealkylation sites (N-methyl/N-ethyl adjacent to an activating group) is 1. The van der Waals surface area contributed by atoms with Crippen LogP contribution in [0, 0.1) is 5.92 Å². The highest BCUT2D eigenvalue weighted by molar-refractivity contribution is 5.99. The molecule has 4 rings (SSSR count). The van der Waals surface area contributed by atoms with Crippen LogP contribution in [0.4, 0.5) is 0 Å². The van der Waals surface area contributed by atoms with Gasteiger partial charge in [0.1, 0.15) is 0 Å². The van der Waals surface area contributed by atoms with Crippen molar-refractivity contribution in [2.24, 2.45) is 5.92 Å². The molecule has 132 valence electrons. The molecule has 4 heteroatoms. The quantitative estimate of drug-likeness (QED) is 0.899. The molecule has 0 saturated carbocycles. The van der Waals surface area contributed by atoms with E-state index in [2.05, 4.69) is 66.4 Å². The number of aromatic nitrogens is 1. The average Bonchev–Trinajstić information content (AvgIpc) is 3.05. The number of hydrogen-bond acceptors (Lipinski definition) is 2. The van der Waals surface area contributed by atoms with Gasteiger partial charge in [0, 0.05) is 35.7 Å². The molecule has 2 N–H and O–H groups in total. The summed E-state index contributed by atoms with van der Waals surface area (Å²) < 4.78 is 0. The molecule has 3 atom stereocenters. The van der Waals surface area contributed by atoms with Gasteiger partial charge in [-0.1, -0.05) is 32.1 Å². The molecule has 25 heavy (non-hydrogen) atoms. The summed E-state index contributed by atoms with van der Waals surface area (Å²) in [6.45, 7) is 8.14. The van der Waals surface area contributed by atoms with E-state index in [1.807, 2.05) is 0 Å². The van der Waals surface area contributed by atoms with Crippen molar-refractivity contribution in [1.29, 1.82) is 0 Å². The Kier molecular flexibility index (Phi) is 4.16. The third-order valence-electron chi connectivity index (χ3n) is 5.87. The first-order chi connectivity index (χ1) is 12.1. The summed E-state index contributed by atoms with van der Waals surface area (Å²) in [6, 6.07) is 7.06. The van der Waals surface area contributed by atoms with Gasteiger partial charge < -0.3 is 10.3 Å². The second-order valence-electron chi connectivity index (χ2n) is 7.40. The fraction of sp³-hybridized carbons (Fsp3) is 0.476. The van der Waals surface area contributed by atoms with Crippen molar-refractivity contribution in [2.75, 3.05) is 13.1 Å². The van der Waals surface area contributed by atoms with Crippen molar-refractivity contribution < 1.29 is 4.79 Å². The lowest BCUT2D eigenvalue weighted by atomic mass is 9.79. The maximum absolute atomic E-state index is 12.8. The predicted molar refractivity (Wildman–Crippen MR) is 102 cm³/mol. The Hall–Kier alpha value is -2.07. The normalized spacial score (nSPS) is 23.9. The minimum absolute atomic E-state index is 0.0732. The van der Waals surface area contributed by atoms with E-state index in [9.17, 15) is 4.79 Å². The van der Waals surface area contributed by atoms with E-state index in [4.69, 9.17) is 0 Å². The van der Waals surface area contributed by atoms with Crippen LogP contribution in [0.15, 0.2) is 30.5 Å². The summed E-state index contributed by atoms with van der Waals surface area (Å²) in [5.41, 5.74) is 5.22. The van der Waals surface area contributed by atoms with Gasteiger partial charge in [-0.3, -0.25) is 9.69 Å². The van der Waals surface area contributed by atoms with E-state index < -0.39 is 0 Å². The van der Waals surface area contributed by atoms with Crippen molar-refractivity contribution in [3.05, 3.63) is 41.6 Å². The SMILES string of the molecule is CC[C@@H](C)NC(=O)[C@@H]1C=C2c3cccc4[nH]cc(c34)C[C@H]2N(CC)C1. The Morgan fingerprint density at radius 2 is 2.24 bits per heavy atom. The van der Waals surface area contributed by atoms with Gasteiger partial charge in [-0.25, -0.2) is 0 Å². The summed E-state index contributed by atoms with van der Waals surface area (Å²) in [5.74, 6) is 0.0849. The first-order valence-electron chi connectivity index (χ1n) is 9.47. The van der Waals surface area contributed by atoms with Crippen LogP contribution in [0.25, 0.3) is 16.5 Å². The van der Waals surface area contributed by atoms with E-state index in [-0.39, 0.29) is 17.9 Å². The molecule has 0 spiro atoms. The van der Waals surface area contributed by atoms with Crippen molar-refractivity contribution >= 4 is 22.4 Å². The van der Waals surface area contributed by atoms with Crippen LogP contribution in [-0.4, -0.2) is 41.0 Å². The second-order valence-corrected chi connectivity index (χ2v) is 7.40. The first kappa shape index (κ1) is 16.4. The molecule has 1 aromatic heterocycles. The summed E-state index contributed by atoms with van der Waals surface area (Å²) in [4.78, 5) is 18.6. The lowest BCUT2D eigenvalue weighted by Gasteiger charge is -2.41. The number of nitrogens with one attached hydrogen (secondary N) is 2. The molecule has 1 aromatic carbocycles. The van der Waals surface area contributed by atoms with Crippen LogP contribution >= 0.6 is 0 Å². The molecule has 2 heterocycles. The molecule has 4 nitrogen and oxygen atoms in total. The molecule has 0 saturated heterocycles. The van der Waals surface area contributed by atoms with Crippen LogP contribution in [0.3, 0.4) is 0 Å². The van der Waals surface area contributed by atoms with Gasteiger partial charge in [0.05, 0.1) is 5.92 Å². The molecule has 1 amide bonds. The first-order valence-corrected chi connectivity index (χ1v) is 9.47. The second kappa shape index (κ2) is 6.34. The summed E-state index contributed by atoms with van der Waals surface area (Å²) in [6.07, 6.45) is 6.37. The largest absolute Gasteiger partial charge is 0.361 e. The topological polar surface area (TPSA) is 48.1 Å². The zero-order chi connectivity index (χ0) is 17.6. The van der Waals surface area contributed by atoms with Gasteiger partial charge in [0.15, 0.2) is 0 Å². The number of H-pyrrole nitrogens is 1. The summed E-state index contributed by atoms with van der Waals surface area (Å²) >= 11 is 0. The monoisotopic (exact) mass is 337 g/mol. The van der Waals surface area contributed by atoms with Crippen molar-refractivity contribution in [1.82, 2.24) is 15.2 Å². The van der Waals surface area contributed by atoms with Crippen LogP contribution < -0.4 is 5.32 Å². The number of rotatable bonds is 4. The molecule has 0 bridgehead atoms. The minimum atomic E-state index is -0.0732. The molecule has 0 radical (unpaired) electrons. The van der Waals surface area contributed by atoms with Gasteiger partial charge >= 0.3 is 0 Å². The Labute approximate surface area is 149 Å². The van der Waals surface area contributed by atoms with Crippen LogP contribution in [0.2, 0.25) is 0 Å². The zero-order valence-corrected chi connectivity index (χ0v) is 15.3. The molecule has 2 aromatic rings. The van der Waals surface area contributed by atoms with Gasteiger partial charge in [-0.05, 0) is 49.1 Å². The highest BCUT2D eigenvalue weighted by Crippen LogP contribution is 2.41. The summed E-state index contributed by atoms with van der Waals surface area (Å²) in [5, 5.41) is 4.50. The average molecular weight is 337 g/mol. The van der Waals surface area contributed by atoms with E-state index >= 15 is 0 Å². The van der Waals surface area contributed by atoms with E-state index in [1.54, 1.807) is 0 Å². The number of aromatic amines is 1. The van der Waals surface area contributed by atoms with Crippen molar-refractivity contribution in [2.45, 2.75) is 45.7 Å². The third kappa shape index (κ3) is 2.69. The smallest absolute Gasteiger partial charge is 0.228 e. The number of fused-ring (bicyclic) bond motifs is 2. The van der Waals surface area contributed by atoms with Crippen molar-refractivity contribution in [3.63, 3.8) is 0 Å². The van der Waals surface area contributed by atoms with Crippen LogP contribution in [-0.2, 0) is 11.2 Å². The minimum Gasteiger partial charge on any atom is -0.361 e. The molecular weight excluding hydrogens is 310 g/mol. The standard InChI is InChI=1S/C21H27N3O/c1-4-13(3)23-21(25)15-9-17-16-7-6-8-18-20(16)14(11-22-18)10-19(17)24(5-2)12-15/h6-9,11,13,15,19,22H,4-5,10,12H2,1-3H3,(H,23,25)/t13-,15-,19-/m1/s1. The number of benzene rings is 1. The fourth-order valence-electron chi connectivity index (χ4n) is 4.29. The number of nitrogens with zero attached hydrogens (tertiary/aromatic N) is 1. The molecule has 1 aliphatic carbocycles. The number of carbonyl (C=O) groups is 1. The molecule has 1 aliphatic heterocycles. The highest BCUT2D eigenvalue weighted by Gasteiger charge is 2.36. The molecule has 0 fully saturated rings. The Bertz CT molecular complexity index is 835. The number of amides is 1. The lowest BCUT2D eigenvalue weighted by molar-refractivity contribution is -0.125. The van der Waals surface area contributed by atoms with Crippen LogP contribution in [0.5, 0.6) is 0 Å². The van der Waals surface area contributed by atoms with Crippen molar-refractivity contribution in [3.8, 4) is 0 Å². The van der Waals surface area contributed by atoms with Gasteiger partial charge in [-0.2, -0.15) is 0 Å². The van der Waals surface area contributed by atoms with Crippen LogP contribution in [0.1, 0.15) is 38.3 Å². The Balaban J connectivity index is 1.76. The summed E-state index contributed by atoms with van der Waals surface area (Å²) in [7, 11) is 0. The zero-order valence-electron chi connectivity index (χ0n) is 15.3. The number of hydrogen-bond donors (Lipinski definition) is 2. The Morgan fingerprint density at radius 1 is 1.40 bits per heavy atom. The van der Waals surface area contributed by atoms with Gasteiger partial charge in [-0.15, -0.1) is 0 Å². The number of carbonyl (C=O) groups excluding carboxylic acids is 1. The van der Waals surface area contributed by atoms with E-state index in [0.717, 1.165) is 25.9 Å².